The Balaban J connectivity index is 2.59. The predicted octanol–water partition coefficient (Wildman–Crippen LogP) is 1.05. The molecule has 1 fully saturated rings. The Labute approximate surface area is 88.0 Å². The summed E-state index contributed by atoms with van der Waals surface area (Å²) in [6, 6.07) is 0. The first kappa shape index (κ1) is 12.0. The smallest absolute Gasteiger partial charge is 0.0880 e. The Kier molecular flexibility index (Phi) is 3.93. The van der Waals surface area contributed by atoms with Gasteiger partial charge < -0.3 is 9.64 Å². The summed E-state index contributed by atoms with van der Waals surface area (Å²) in [6.07, 6.45) is 0.325. The van der Waals surface area contributed by atoms with E-state index < -0.39 is 0 Å². The summed E-state index contributed by atoms with van der Waals surface area (Å²) in [5.41, 5.74) is 0.119. The first-order valence-electron chi connectivity index (χ1n) is 5.50. The molecule has 1 aliphatic heterocycles. The van der Waals surface area contributed by atoms with Crippen LogP contribution in [0.2, 0.25) is 0 Å². The van der Waals surface area contributed by atoms with Gasteiger partial charge in [0.05, 0.1) is 12.7 Å². The maximum atomic E-state index is 5.85. The molecule has 1 saturated heterocycles. The Morgan fingerprint density at radius 2 is 2.07 bits per heavy atom. The normalized spacial score (nSPS) is 25.7. The zero-order chi connectivity index (χ0) is 10.8. The average molecular weight is 200 g/mol. The van der Waals surface area contributed by atoms with Gasteiger partial charge in [-0.25, -0.2) is 0 Å². The van der Waals surface area contributed by atoms with Crippen LogP contribution in [0.5, 0.6) is 0 Å². The fraction of sp³-hybridized carbons (Fsp3) is 1.00. The van der Waals surface area contributed by atoms with Crippen molar-refractivity contribution < 1.29 is 4.74 Å². The molecule has 0 amide bonds. The molecule has 0 aromatic carbocycles. The molecular weight excluding hydrogens is 176 g/mol. The van der Waals surface area contributed by atoms with E-state index in [1.165, 1.54) is 0 Å². The fourth-order valence-corrected chi connectivity index (χ4v) is 1.71. The summed E-state index contributed by atoms with van der Waals surface area (Å²) in [7, 11) is 4.24. The molecule has 0 aliphatic carbocycles. The van der Waals surface area contributed by atoms with Crippen molar-refractivity contribution in [2.45, 2.75) is 32.4 Å². The topological polar surface area (TPSA) is 15.7 Å². The van der Waals surface area contributed by atoms with Crippen LogP contribution in [0.1, 0.15) is 20.8 Å². The average Bonchev–Trinajstić information content (AvgIpc) is 2.17. The van der Waals surface area contributed by atoms with Gasteiger partial charge in [0, 0.05) is 18.6 Å². The highest BCUT2D eigenvalue weighted by atomic mass is 16.5. The van der Waals surface area contributed by atoms with Gasteiger partial charge in [-0.15, -0.1) is 0 Å². The van der Waals surface area contributed by atoms with Gasteiger partial charge in [0.1, 0.15) is 0 Å². The molecule has 0 radical (unpaired) electrons. The van der Waals surface area contributed by atoms with E-state index >= 15 is 0 Å². The summed E-state index contributed by atoms with van der Waals surface area (Å²) < 4.78 is 5.85. The lowest BCUT2D eigenvalue weighted by atomic mass is 9.94. The van der Waals surface area contributed by atoms with Crippen LogP contribution in [0.3, 0.4) is 0 Å². The van der Waals surface area contributed by atoms with Crippen LogP contribution in [-0.4, -0.2) is 61.8 Å². The molecular formula is C11H24N2O. The van der Waals surface area contributed by atoms with Gasteiger partial charge in [0.2, 0.25) is 0 Å². The maximum absolute atomic E-state index is 5.85. The van der Waals surface area contributed by atoms with E-state index in [-0.39, 0.29) is 5.54 Å². The van der Waals surface area contributed by atoms with E-state index in [0.717, 1.165) is 26.2 Å². The van der Waals surface area contributed by atoms with Gasteiger partial charge in [-0.1, -0.05) is 6.92 Å². The highest BCUT2D eigenvalue weighted by molar-refractivity contribution is 4.90. The highest BCUT2D eigenvalue weighted by Crippen LogP contribution is 2.22. The molecule has 1 rings (SSSR count). The summed E-state index contributed by atoms with van der Waals surface area (Å²) >= 11 is 0. The summed E-state index contributed by atoms with van der Waals surface area (Å²) in [5, 5.41) is 0. The molecule has 1 aliphatic rings. The van der Waals surface area contributed by atoms with E-state index in [1.807, 2.05) is 0 Å². The van der Waals surface area contributed by atoms with E-state index in [1.54, 1.807) is 0 Å². The summed E-state index contributed by atoms with van der Waals surface area (Å²) in [6.45, 7) is 10.8. The first-order valence-corrected chi connectivity index (χ1v) is 5.50. The van der Waals surface area contributed by atoms with Crippen LogP contribution < -0.4 is 0 Å². The van der Waals surface area contributed by atoms with Crippen molar-refractivity contribution in [3.05, 3.63) is 0 Å². The van der Waals surface area contributed by atoms with Gasteiger partial charge in [0.25, 0.3) is 0 Å². The third-order valence-electron chi connectivity index (χ3n) is 3.54. The second kappa shape index (κ2) is 4.60. The Hall–Kier alpha value is -0.120. The minimum atomic E-state index is 0.119. The Bertz CT molecular complexity index is 180. The first-order chi connectivity index (χ1) is 6.48. The van der Waals surface area contributed by atoms with Crippen molar-refractivity contribution in [2.75, 3.05) is 40.3 Å². The van der Waals surface area contributed by atoms with Crippen molar-refractivity contribution in [2.24, 2.45) is 0 Å². The monoisotopic (exact) mass is 200 g/mol. The van der Waals surface area contributed by atoms with Crippen molar-refractivity contribution >= 4 is 0 Å². The van der Waals surface area contributed by atoms with E-state index in [2.05, 4.69) is 44.7 Å². The fourth-order valence-electron chi connectivity index (χ4n) is 1.71. The molecule has 3 nitrogen and oxygen atoms in total. The van der Waals surface area contributed by atoms with Gasteiger partial charge in [-0.2, -0.15) is 0 Å². The number of likely N-dealkylation sites (N-methyl/N-ethyl adjacent to an activating group) is 2. The van der Waals surface area contributed by atoms with Crippen LogP contribution in [-0.2, 0) is 4.74 Å². The third-order valence-corrected chi connectivity index (χ3v) is 3.54. The molecule has 0 aromatic rings. The van der Waals surface area contributed by atoms with Crippen LogP contribution >= 0.6 is 0 Å². The zero-order valence-electron chi connectivity index (χ0n) is 10.2. The molecule has 0 saturated carbocycles. The lowest BCUT2D eigenvalue weighted by molar-refractivity contribution is -0.0918. The number of nitrogens with zero attached hydrogens (tertiary/aromatic N) is 2. The molecule has 1 heterocycles. The summed E-state index contributed by atoms with van der Waals surface area (Å²) in [5.74, 6) is 0. The largest absolute Gasteiger partial charge is 0.374 e. The quantitative estimate of drug-likeness (QED) is 0.677. The lowest BCUT2D eigenvalue weighted by Crippen LogP contribution is -2.57. The summed E-state index contributed by atoms with van der Waals surface area (Å²) in [4.78, 5) is 4.70. The van der Waals surface area contributed by atoms with Crippen LogP contribution in [0, 0.1) is 0 Å². The molecule has 3 heteroatoms. The maximum Gasteiger partial charge on any atom is 0.0880 e. The standard InChI is InChI=1S/C11H24N2O/c1-6-13-7-8-14-10(9-13)11(2,3)12(4)5/h10H,6-9H2,1-5H3. The van der Waals surface area contributed by atoms with Crippen molar-refractivity contribution in [3.63, 3.8) is 0 Å². The van der Waals surface area contributed by atoms with Crippen molar-refractivity contribution in [1.82, 2.24) is 9.80 Å². The minimum Gasteiger partial charge on any atom is -0.374 e. The van der Waals surface area contributed by atoms with Gasteiger partial charge in [-0.3, -0.25) is 4.90 Å². The van der Waals surface area contributed by atoms with Crippen molar-refractivity contribution in [3.8, 4) is 0 Å². The molecule has 1 atom stereocenters. The molecule has 84 valence electrons. The molecule has 14 heavy (non-hydrogen) atoms. The second-order valence-corrected chi connectivity index (χ2v) is 4.80. The molecule has 0 aromatic heterocycles. The van der Waals surface area contributed by atoms with Gasteiger partial charge >= 0.3 is 0 Å². The molecule has 0 spiro atoms. The van der Waals surface area contributed by atoms with Crippen LogP contribution in [0.25, 0.3) is 0 Å². The van der Waals surface area contributed by atoms with E-state index in [9.17, 15) is 0 Å². The highest BCUT2D eigenvalue weighted by Gasteiger charge is 2.35. The van der Waals surface area contributed by atoms with E-state index in [4.69, 9.17) is 4.74 Å². The number of morpholine rings is 1. The molecule has 0 N–H and O–H groups in total. The SMILES string of the molecule is CCN1CCOC(C(C)(C)N(C)C)C1. The van der Waals surface area contributed by atoms with E-state index in [0.29, 0.717) is 6.10 Å². The lowest BCUT2D eigenvalue weighted by Gasteiger charge is -2.44. The Morgan fingerprint density at radius 1 is 1.43 bits per heavy atom. The second-order valence-electron chi connectivity index (χ2n) is 4.80. The minimum absolute atomic E-state index is 0.119. The number of ether oxygens (including phenoxy) is 1. The number of hydrogen-bond donors (Lipinski definition) is 0. The van der Waals surface area contributed by atoms with Crippen molar-refractivity contribution in [1.29, 1.82) is 0 Å². The third kappa shape index (κ3) is 2.47. The zero-order valence-corrected chi connectivity index (χ0v) is 10.2. The van der Waals surface area contributed by atoms with Crippen LogP contribution in [0.15, 0.2) is 0 Å². The molecule has 1 unspecified atom stereocenters. The van der Waals surface area contributed by atoms with Gasteiger partial charge in [0.15, 0.2) is 0 Å². The predicted molar refractivity (Wildman–Crippen MR) is 59.6 cm³/mol. The Morgan fingerprint density at radius 3 is 2.57 bits per heavy atom. The van der Waals surface area contributed by atoms with Gasteiger partial charge in [-0.05, 0) is 34.5 Å². The number of hydrogen-bond acceptors (Lipinski definition) is 3. The van der Waals surface area contributed by atoms with Crippen LogP contribution in [0.4, 0.5) is 0 Å². The number of rotatable bonds is 3. The molecule has 0 bridgehead atoms.